The molecule has 0 aliphatic carbocycles. The van der Waals surface area contributed by atoms with Crippen LogP contribution in [0, 0.1) is 37.9 Å². The molecular formula is C47H100O16. The molecule has 0 bridgehead atoms. The molecule has 0 amide bonds. The summed E-state index contributed by atoms with van der Waals surface area (Å²) < 4.78 is 65.0. The molecule has 0 saturated carbocycles. The van der Waals surface area contributed by atoms with Gasteiger partial charge in [0.15, 0.2) is 25.2 Å². The van der Waals surface area contributed by atoms with Gasteiger partial charge in [-0.15, -0.1) is 0 Å². The van der Waals surface area contributed by atoms with Gasteiger partial charge in [0, 0.05) is 78.5 Å². The van der Waals surface area contributed by atoms with Crippen LogP contribution in [0.15, 0.2) is 0 Å². The second kappa shape index (κ2) is 33.8. The second-order valence-electron chi connectivity index (χ2n) is 19.7. The number of aliphatic hydroxyl groups is 4. The number of aliphatic hydroxyl groups excluding tert-OH is 4. The number of rotatable bonds is 24. The lowest BCUT2D eigenvalue weighted by atomic mass is 9.84. The molecule has 4 N–H and O–H groups in total. The first kappa shape index (κ1) is 66.6. The fourth-order valence-corrected chi connectivity index (χ4v) is 6.17. The summed E-state index contributed by atoms with van der Waals surface area (Å²) in [5.74, 6) is 0. The summed E-state index contributed by atoms with van der Waals surface area (Å²) in [4.78, 5) is 0. The first-order chi connectivity index (χ1) is 29.4. The van der Waals surface area contributed by atoms with E-state index < -0.39 is 31.8 Å². The van der Waals surface area contributed by atoms with Crippen LogP contribution < -0.4 is 0 Å². The van der Waals surface area contributed by atoms with Gasteiger partial charge in [0.05, 0.1) is 95.5 Å². The molecule has 0 radical (unpaired) electrons. The fraction of sp³-hybridized carbons (Fsp3) is 1.00. The minimum absolute atomic E-state index is 0.0464. The van der Waals surface area contributed by atoms with Crippen molar-refractivity contribution in [3.8, 4) is 0 Å². The summed E-state index contributed by atoms with van der Waals surface area (Å²) in [5, 5.41) is 34.0. The highest BCUT2D eigenvalue weighted by atomic mass is 16.7. The van der Waals surface area contributed by atoms with E-state index in [2.05, 4.69) is 83.1 Å². The maximum atomic E-state index is 8.50. The summed E-state index contributed by atoms with van der Waals surface area (Å²) >= 11 is 0. The van der Waals surface area contributed by atoms with Crippen molar-refractivity contribution in [1.29, 1.82) is 0 Å². The van der Waals surface area contributed by atoms with E-state index in [9.17, 15) is 0 Å². The zero-order valence-corrected chi connectivity index (χ0v) is 43.8. The van der Waals surface area contributed by atoms with Crippen LogP contribution in [0.5, 0.6) is 0 Å². The Bertz CT molecular complexity index is 936. The van der Waals surface area contributed by atoms with Crippen LogP contribution in [0.1, 0.15) is 109 Å². The highest BCUT2D eigenvalue weighted by Gasteiger charge is 2.47. The van der Waals surface area contributed by atoms with Crippen LogP contribution in [0.4, 0.5) is 0 Å². The van der Waals surface area contributed by atoms with Crippen molar-refractivity contribution in [2.75, 3.05) is 136 Å². The van der Waals surface area contributed by atoms with Crippen molar-refractivity contribution in [3.63, 3.8) is 0 Å². The summed E-state index contributed by atoms with van der Waals surface area (Å²) in [7, 11) is 13.3. The highest BCUT2D eigenvalue weighted by molar-refractivity contribution is 4.88. The molecule has 0 aromatic heterocycles. The second-order valence-corrected chi connectivity index (χ2v) is 19.7. The molecule has 0 atom stereocenters. The quantitative estimate of drug-likeness (QED) is 0.0803. The maximum Gasteiger partial charge on any atom is 0.162 e. The fourth-order valence-electron chi connectivity index (χ4n) is 6.17. The molecule has 0 unspecified atom stereocenters. The van der Waals surface area contributed by atoms with E-state index in [1.165, 1.54) is 0 Å². The summed E-state index contributed by atoms with van der Waals surface area (Å²) in [5.41, 5.74) is -1.11. The van der Waals surface area contributed by atoms with Crippen LogP contribution in [0.2, 0.25) is 0 Å². The van der Waals surface area contributed by atoms with Gasteiger partial charge in [-0.2, -0.15) is 0 Å². The smallest absolute Gasteiger partial charge is 0.162 e. The minimum Gasteiger partial charge on any atom is -0.396 e. The number of hydrogen-bond acceptors (Lipinski definition) is 16. The Morgan fingerprint density at radius 3 is 0.794 bits per heavy atom. The van der Waals surface area contributed by atoms with E-state index >= 15 is 0 Å². The minimum atomic E-state index is -1.11. The molecule has 63 heavy (non-hydrogen) atoms. The van der Waals surface area contributed by atoms with Crippen LogP contribution in [0.25, 0.3) is 0 Å². The number of ether oxygens (including phenoxy) is 12. The summed E-state index contributed by atoms with van der Waals surface area (Å²) in [6.45, 7) is 29.1. The van der Waals surface area contributed by atoms with Crippen molar-refractivity contribution in [2.45, 2.75) is 134 Å². The van der Waals surface area contributed by atoms with E-state index in [0.717, 1.165) is 25.7 Å². The number of methoxy groups -OCH3 is 8. The Morgan fingerprint density at radius 2 is 0.667 bits per heavy atom. The van der Waals surface area contributed by atoms with Crippen LogP contribution >= 0.6 is 0 Å². The molecule has 16 heteroatoms. The van der Waals surface area contributed by atoms with Gasteiger partial charge in [-0.05, 0) is 25.7 Å². The van der Waals surface area contributed by atoms with Gasteiger partial charge in [-0.3, -0.25) is 0 Å². The molecular weight excluding hydrogens is 821 g/mol. The van der Waals surface area contributed by atoms with E-state index in [4.69, 9.17) is 77.3 Å². The van der Waals surface area contributed by atoms with E-state index in [-0.39, 0.29) is 57.7 Å². The van der Waals surface area contributed by atoms with E-state index in [0.29, 0.717) is 52.9 Å². The van der Waals surface area contributed by atoms with Gasteiger partial charge < -0.3 is 77.3 Å². The first-order valence-corrected chi connectivity index (χ1v) is 22.4. The van der Waals surface area contributed by atoms with Crippen LogP contribution in [-0.2, 0) is 56.8 Å². The van der Waals surface area contributed by atoms with Crippen molar-refractivity contribution < 1.29 is 77.3 Å². The third-order valence-corrected chi connectivity index (χ3v) is 12.4. The molecule has 2 rings (SSSR count). The number of hydrogen-bond donors (Lipinski definition) is 4. The topological polar surface area (TPSA) is 192 Å². The molecule has 2 aliphatic rings. The lowest BCUT2D eigenvalue weighted by molar-refractivity contribution is -0.334. The summed E-state index contributed by atoms with van der Waals surface area (Å²) in [6, 6.07) is 0. The lowest BCUT2D eigenvalue weighted by Gasteiger charge is -2.48. The average molecular weight is 921 g/mol. The predicted octanol–water partition coefficient (Wildman–Crippen LogP) is 6.17. The van der Waals surface area contributed by atoms with Crippen LogP contribution in [-0.4, -0.2) is 182 Å². The van der Waals surface area contributed by atoms with Crippen molar-refractivity contribution in [3.05, 3.63) is 0 Å². The normalized spacial score (nSPS) is 19.9. The molecule has 1 spiro atoms. The highest BCUT2D eigenvalue weighted by Crippen LogP contribution is 2.40. The Kier molecular flexibility index (Phi) is 35.7. The predicted molar refractivity (Wildman–Crippen MR) is 246 cm³/mol. The maximum absolute atomic E-state index is 8.50. The summed E-state index contributed by atoms with van der Waals surface area (Å²) in [6.07, 6.45) is 3.75. The largest absolute Gasteiger partial charge is 0.396 e. The van der Waals surface area contributed by atoms with Crippen LogP contribution in [0.3, 0.4) is 0 Å². The zero-order chi connectivity index (χ0) is 49.6. The van der Waals surface area contributed by atoms with E-state index in [1.54, 1.807) is 56.9 Å². The molecule has 0 aromatic rings. The zero-order valence-electron chi connectivity index (χ0n) is 43.8. The van der Waals surface area contributed by atoms with Gasteiger partial charge in [0.2, 0.25) is 0 Å². The lowest BCUT2D eigenvalue weighted by Crippen LogP contribution is -2.56. The van der Waals surface area contributed by atoms with Crippen molar-refractivity contribution >= 4 is 0 Å². The molecule has 0 aromatic carbocycles. The molecule has 2 fully saturated rings. The van der Waals surface area contributed by atoms with Crippen molar-refractivity contribution in [1.82, 2.24) is 0 Å². The molecule has 2 aliphatic heterocycles. The monoisotopic (exact) mass is 921 g/mol. The molecule has 16 nitrogen and oxygen atoms in total. The SMILES string of the molecule is CCC(C)(C)C(OC)OC.CCC(C)(C)C(OC)OC.CCC(C)(C)C1OCC2(CO1)COC(C(C)(C)CC)OC2.COCC(COC)(COC)COC.OCC(CO)(CO)CO. The third kappa shape index (κ3) is 23.8. The van der Waals surface area contributed by atoms with Gasteiger partial charge in [0.25, 0.3) is 0 Å². The van der Waals surface area contributed by atoms with Gasteiger partial charge in [-0.1, -0.05) is 83.1 Å². The molecule has 2 saturated heterocycles. The average Bonchev–Trinajstić information content (AvgIpc) is 3.27. The van der Waals surface area contributed by atoms with E-state index in [1.807, 2.05) is 0 Å². The Balaban J connectivity index is -0.000000751. The van der Waals surface area contributed by atoms with Crippen molar-refractivity contribution in [2.24, 2.45) is 37.9 Å². The van der Waals surface area contributed by atoms with Gasteiger partial charge >= 0.3 is 0 Å². The Morgan fingerprint density at radius 1 is 0.429 bits per heavy atom. The Hall–Kier alpha value is -0.640. The third-order valence-electron chi connectivity index (χ3n) is 12.4. The molecule has 384 valence electrons. The Labute approximate surface area is 384 Å². The van der Waals surface area contributed by atoms with Gasteiger partial charge in [0.1, 0.15) is 0 Å². The standard InChI is InChI=1S/C17H32O4.C9H20O4.2C8H18O2.C5H12O4/c1-7-15(3,4)13-18-9-17(10-19-13)11-20-14(21-12-17)16(5,6)8-2;1-10-5-9(6-11-2,7-12-3)8-13-4;2*1-6-8(2,3)7(9-4)10-5;6-1-5(2-7,3-8)4-9/h13-14H,7-12H2,1-6H3;5-8H2,1-4H3;2*7H,6H2,1-5H3;6-9H,1-4H2. The molecule has 2 heterocycles. The van der Waals surface area contributed by atoms with Gasteiger partial charge in [-0.25, -0.2) is 0 Å². The first-order valence-electron chi connectivity index (χ1n) is 22.4.